The Morgan fingerprint density at radius 2 is 2.00 bits per heavy atom. The van der Waals surface area contributed by atoms with E-state index in [9.17, 15) is 4.79 Å². The molecular formula is C19H21NO5. The molecular weight excluding hydrogens is 322 g/mol. The molecule has 0 spiro atoms. The Bertz CT molecular complexity index is 756. The lowest BCUT2D eigenvalue weighted by atomic mass is 10.1. The molecule has 2 atom stereocenters. The molecule has 1 aromatic carbocycles. The highest BCUT2D eigenvalue weighted by atomic mass is 16.6. The number of amides is 1. The van der Waals surface area contributed by atoms with Gasteiger partial charge in [0.1, 0.15) is 24.2 Å². The Kier molecular flexibility index (Phi) is 4.36. The highest BCUT2D eigenvalue weighted by Gasteiger charge is 2.37. The van der Waals surface area contributed by atoms with Crippen molar-refractivity contribution in [3.8, 4) is 11.5 Å². The van der Waals surface area contributed by atoms with E-state index in [1.54, 1.807) is 4.90 Å². The van der Waals surface area contributed by atoms with Crippen LogP contribution in [0.5, 0.6) is 11.5 Å². The fourth-order valence-corrected chi connectivity index (χ4v) is 3.19. The first-order valence-electron chi connectivity index (χ1n) is 8.61. The van der Waals surface area contributed by atoms with Crippen LogP contribution in [0.3, 0.4) is 0 Å². The van der Waals surface area contributed by atoms with E-state index in [1.807, 2.05) is 43.3 Å². The number of morpholine rings is 1. The molecule has 0 bridgehead atoms. The fraction of sp³-hybridized carbons (Fsp3) is 0.421. The largest absolute Gasteiger partial charge is 0.485 e. The number of fused-ring (bicyclic) bond motifs is 1. The average molecular weight is 343 g/mol. The van der Waals surface area contributed by atoms with Crippen LogP contribution in [0, 0.1) is 0 Å². The normalized spacial score (nSPS) is 22.7. The fourth-order valence-electron chi connectivity index (χ4n) is 3.19. The summed E-state index contributed by atoms with van der Waals surface area (Å²) < 4.78 is 23.0. The van der Waals surface area contributed by atoms with Gasteiger partial charge in [0, 0.05) is 13.0 Å². The summed E-state index contributed by atoms with van der Waals surface area (Å²) in [6, 6.07) is 11.0. The predicted molar refractivity (Wildman–Crippen MR) is 89.7 cm³/mol. The number of nitrogens with zero attached hydrogens (tertiary/aromatic N) is 1. The molecule has 1 fully saturated rings. The van der Waals surface area contributed by atoms with Gasteiger partial charge in [-0.05, 0) is 24.3 Å². The smallest absolute Gasteiger partial charge is 0.268 e. The molecule has 0 radical (unpaired) electrons. The zero-order chi connectivity index (χ0) is 17.2. The zero-order valence-electron chi connectivity index (χ0n) is 14.1. The van der Waals surface area contributed by atoms with Gasteiger partial charge in [-0.15, -0.1) is 0 Å². The van der Waals surface area contributed by atoms with E-state index < -0.39 is 6.10 Å². The predicted octanol–water partition coefficient (Wildman–Crippen LogP) is 2.58. The van der Waals surface area contributed by atoms with E-state index in [0.29, 0.717) is 31.3 Å². The van der Waals surface area contributed by atoms with Crippen LogP contribution in [0.2, 0.25) is 0 Å². The van der Waals surface area contributed by atoms with Crippen molar-refractivity contribution in [2.45, 2.75) is 25.5 Å². The molecule has 0 saturated carbocycles. The van der Waals surface area contributed by atoms with Crippen molar-refractivity contribution >= 4 is 5.91 Å². The highest BCUT2D eigenvalue weighted by molar-refractivity contribution is 5.82. The SMILES string of the molecule is CCc1ccc(C2COCCN2C(=O)C2COc3ccccc3O2)o1. The molecule has 3 heterocycles. The van der Waals surface area contributed by atoms with Crippen LogP contribution < -0.4 is 9.47 Å². The first-order valence-corrected chi connectivity index (χ1v) is 8.61. The Morgan fingerprint density at radius 1 is 1.16 bits per heavy atom. The number of hydrogen-bond acceptors (Lipinski definition) is 5. The Balaban J connectivity index is 1.53. The molecule has 1 amide bonds. The van der Waals surface area contributed by atoms with Crippen LogP contribution in [0.4, 0.5) is 0 Å². The van der Waals surface area contributed by atoms with E-state index >= 15 is 0 Å². The molecule has 4 rings (SSSR count). The quantitative estimate of drug-likeness (QED) is 0.857. The summed E-state index contributed by atoms with van der Waals surface area (Å²) in [7, 11) is 0. The molecule has 0 N–H and O–H groups in total. The van der Waals surface area contributed by atoms with Crippen molar-refractivity contribution in [2.24, 2.45) is 0 Å². The number of furan rings is 1. The summed E-state index contributed by atoms with van der Waals surface area (Å²) in [6.07, 6.45) is 0.161. The summed E-state index contributed by atoms with van der Waals surface area (Å²) in [5, 5.41) is 0. The van der Waals surface area contributed by atoms with Crippen LogP contribution >= 0.6 is 0 Å². The highest BCUT2D eigenvalue weighted by Crippen LogP contribution is 2.33. The van der Waals surface area contributed by atoms with Crippen LogP contribution in [-0.4, -0.2) is 43.3 Å². The van der Waals surface area contributed by atoms with Crippen LogP contribution in [0.1, 0.15) is 24.5 Å². The summed E-state index contributed by atoms with van der Waals surface area (Å²) in [5.74, 6) is 2.82. The maximum absolute atomic E-state index is 13.0. The van der Waals surface area contributed by atoms with E-state index in [1.165, 1.54) is 0 Å². The third-order valence-electron chi connectivity index (χ3n) is 4.55. The lowest BCUT2D eigenvalue weighted by molar-refractivity contribution is -0.151. The molecule has 132 valence electrons. The number of para-hydroxylation sites is 2. The van der Waals surface area contributed by atoms with Crippen LogP contribution in [0.25, 0.3) is 0 Å². The number of aryl methyl sites for hydroxylation is 1. The van der Waals surface area contributed by atoms with Gasteiger partial charge in [0.2, 0.25) is 6.10 Å². The maximum Gasteiger partial charge on any atom is 0.268 e. The standard InChI is InChI=1S/C19H21NO5/c1-2-13-7-8-15(24-13)14-11-22-10-9-20(14)19(21)18-12-23-16-5-3-4-6-17(16)25-18/h3-8,14,18H,2,9-12H2,1H3. The van der Waals surface area contributed by atoms with E-state index in [2.05, 4.69) is 0 Å². The summed E-state index contributed by atoms with van der Waals surface area (Å²) in [5.41, 5.74) is 0. The van der Waals surface area contributed by atoms with E-state index in [-0.39, 0.29) is 18.6 Å². The topological polar surface area (TPSA) is 61.1 Å². The van der Waals surface area contributed by atoms with Crippen molar-refractivity contribution in [3.63, 3.8) is 0 Å². The third-order valence-corrected chi connectivity index (χ3v) is 4.55. The number of benzene rings is 1. The summed E-state index contributed by atoms with van der Waals surface area (Å²) >= 11 is 0. The van der Waals surface area contributed by atoms with Crippen molar-refractivity contribution in [1.29, 1.82) is 0 Å². The Morgan fingerprint density at radius 3 is 2.80 bits per heavy atom. The number of carbonyl (C=O) groups is 1. The number of ether oxygens (including phenoxy) is 3. The molecule has 2 aliphatic heterocycles. The Labute approximate surface area is 146 Å². The van der Waals surface area contributed by atoms with Crippen molar-refractivity contribution in [1.82, 2.24) is 4.90 Å². The van der Waals surface area contributed by atoms with Gasteiger partial charge in [-0.25, -0.2) is 0 Å². The average Bonchev–Trinajstić information content (AvgIpc) is 3.16. The van der Waals surface area contributed by atoms with Gasteiger partial charge in [0.15, 0.2) is 11.5 Å². The number of rotatable bonds is 3. The third kappa shape index (κ3) is 3.09. The molecule has 1 saturated heterocycles. The summed E-state index contributed by atoms with van der Waals surface area (Å²) in [4.78, 5) is 14.8. The number of carbonyl (C=O) groups excluding carboxylic acids is 1. The van der Waals surface area contributed by atoms with E-state index in [0.717, 1.165) is 17.9 Å². The first-order chi connectivity index (χ1) is 12.3. The maximum atomic E-state index is 13.0. The van der Waals surface area contributed by atoms with E-state index in [4.69, 9.17) is 18.6 Å². The minimum absolute atomic E-state index is 0.0998. The van der Waals surface area contributed by atoms with Gasteiger partial charge in [-0.2, -0.15) is 0 Å². The molecule has 25 heavy (non-hydrogen) atoms. The molecule has 6 nitrogen and oxygen atoms in total. The number of hydrogen-bond donors (Lipinski definition) is 0. The zero-order valence-corrected chi connectivity index (χ0v) is 14.1. The first kappa shape index (κ1) is 16.0. The monoisotopic (exact) mass is 343 g/mol. The molecule has 2 aliphatic rings. The van der Waals surface area contributed by atoms with Crippen LogP contribution in [0.15, 0.2) is 40.8 Å². The van der Waals surface area contributed by atoms with Gasteiger partial charge in [-0.3, -0.25) is 4.79 Å². The molecule has 2 aromatic rings. The molecule has 6 heteroatoms. The second-order valence-corrected chi connectivity index (χ2v) is 6.14. The molecule has 1 aromatic heterocycles. The lowest BCUT2D eigenvalue weighted by Crippen LogP contribution is -2.51. The van der Waals surface area contributed by atoms with Gasteiger partial charge in [0.25, 0.3) is 5.91 Å². The minimum atomic E-state index is -0.656. The summed E-state index contributed by atoms with van der Waals surface area (Å²) in [6.45, 7) is 3.68. The van der Waals surface area contributed by atoms with Crippen molar-refractivity contribution in [2.75, 3.05) is 26.4 Å². The van der Waals surface area contributed by atoms with Gasteiger partial charge in [-0.1, -0.05) is 19.1 Å². The van der Waals surface area contributed by atoms with Crippen molar-refractivity contribution < 1.29 is 23.4 Å². The van der Waals surface area contributed by atoms with Crippen molar-refractivity contribution in [3.05, 3.63) is 47.9 Å². The van der Waals surface area contributed by atoms with Crippen LogP contribution in [-0.2, 0) is 16.0 Å². The van der Waals surface area contributed by atoms with Gasteiger partial charge in [0.05, 0.1) is 13.2 Å². The molecule has 2 unspecified atom stereocenters. The Hall–Kier alpha value is -2.47. The van der Waals surface area contributed by atoms with Gasteiger partial charge >= 0.3 is 0 Å². The molecule has 0 aliphatic carbocycles. The minimum Gasteiger partial charge on any atom is -0.485 e. The second-order valence-electron chi connectivity index (χ2n) is 6.14. The van der Waals surface area contributed by atoms with Gasteiger partial charge < -0.3 is 23.5 Å². The lowest BCUT2D eigenvalue weighted by Gasteiger charge is -2.37. The second kappa shape index (κ2) is 6.80.